The standard InChI is InChI=1S/C11H21ClN2O/c1-2-14-8-4-5-10(14)9-13-11(15)6-3-7-12/h10H,2-9H2,1H3,(H,13,15). The summed E-state index contributed by atoms with van der Waals surface area (Å²) in [5.74, 6) is 0.705. The molecule has 88 valence electrons. The van der Waals surface area contributed by atoms with Gasteiger partial charge in [0.2, 0.25) is 5.91 Å². The van der Waals surface area contributed by atoms with Crippen molar-refractivity contribution < 1.29 is 4.79 Å². The van der Waals surface area contributed by atoms with Gasteiger partial charge in [-0.2, -0.15) is 0 Å². The predicted molar refractivity (Wildman–Crippen MR) is 63.2 cm³/mol. The fourth-order valence-electron chi connectivity index (χ4n) is 2.09. The molecule has 1 saturated heterocycles. The van der Waals surface area contributed by atoms with Gasteiger partial charge in [-0.3, -0.25) is 9.69 Å². The molecule has 0 saturated carbocycles. The monoisotopic (exact) mass is 232 g/mol. The first-order chi connectivity index (χ1) is 7.27. The maximum absolute atomic E-state index is 11.4. The first kappa shape index (κ1) is 12.8. The second-order valence-corrected chi connectivity index (χ2v) is 4.40. The molecule has 1 rings (SSSR count). The van der Waals surface area contributed by atoms with Crippen molar-refractivity contribution in [3.63, 3.8) is 0 Å². The molecule has 0 aromatic heterocycles. The average Bonchev–Trinajstić information content (AvgIpc) is 2.70. The zero-order chi connectivity index (χ0) is 11.1. The van der Waals surface area contributed by atoms with Gasteiger partial charge in [0.05, 0.1) is 0 Å². The summed E-state index contributed by atoms with van der Waals surface area (Å²) in [7, 11) is 0. The van der Waals surface area contributed by atoms with E-state index in [0.717, 1.165) is 19.5 Å². The number of nitrogens with one attached hydrogen (secondary N) is 1. The highest BCUT2D eigenvalue weighted by Gasteiger charge is 2.22. The van der Waals surface area contributed by atoms with E-state index < -0.39 is 0 Å². The van der Waals surface area contributed by atoms with Gasteiger partial charge in [-0.1, -0.05) is 6.92 Å². The Morgan fingerprint density at radius 2 is 2.40 bits per heavy atom. The predicted octanol–water partition coefficient (Wildman–Crippen LogP) is 1.61. The molecule has 1 unspecified atom stereocenters. The van der Waals surface area contributed by atoms with Gasteiger partial charge in [-0.15, -0.1) is 11.6 Å². The van der Waals surface area contributed by atoms with Gasteiger partial charge in [-0.05, 0) is 32.4 Å². The molecule has 4 heteroatoms. The number of amides is 1. The lowest BCUT2D eigenvalue weighted by Gasteiger charge is -2.22. The minimum atomic E-state index is 0.138. The van der Waals surface area contributed by atoms with Crippen molar-refractivity contribution >= 4 is 17.5 Å². The largest absolute Gasteiger partial charge is 0.355 e. The fraction of sp³-hybridized carbons (Fsp3) is 0.909. The number of rotatable bonds is 6. The normalized spacial score (nSPS) is 21.9. The number of alkyl halides is 1. The number of hydrogen-bond donors (Lipinski definition) is 1. The van der Waals surface area contributed by atoms with Crippen LogP contribution in [0, 0.1) is 0 Å². The fourth-order valence-corrected chi connectivity index (χ4v) is 2.22. The molecule has 1 N–H and O–H groups in total. The number of likely N-dealkylation sites (N-methyl/N-ethyl adjacent to an activating group) is 1. The molecule has 1 fully saturated rings. The molecule has 3 nitrogen and oxygen atoms in total. The zero-order valence-electron chi connectivity index (χ0n) is 9.47. The Kier molecular flexibility index (Phi) is 6.03. The average molecular weight is 233 g/mol. The SMILES string of the molecule is CCN1CCCC1CNC(=O)CCCCl. The van der Waals surface area contributed by atoms with Crippen molar-refractivity contribution in [2.75, 3.05) is 25.5 Å². The summed E-state index contributed by atoms with van der Waals surface area (Å²) in [4.78, 5) is 13.8. The molecule has 1 heterocycles. The van der Waals surface area contributed by atoms with Gasteiger partial charge in [0.1, 0.15) is 0 Å². The van der Waals surface area contributed by atoms with E-state index >= 15 is 0 Å². The molecule has 0 aliphatic carbocycles. The van der Waals surface area contributed by atoms with Gasteiger partial charge in [0.25, 0.3) is 0 Å². The van der Waals surface area contributed by atoms with Gasteiger partial charge < -0.3 is 5.32 Å². The van der Waals surface area contributed by atoms with Crippen molar-refractivity contribution in [3.05, 3.63) is 0 Å². The molecule has 15 heavy (non-hydrogen) atoms. The third-order valence-electron chi connectivity index (χ3n) is 2.98. The molecule has 1 atom stereocenters. The Hall–Kier alpha value is -0.280. The molecular formula is C11H21ClN2O. The Bertz CT molecular complexity index is 199. The third-order valence-corrected chi connectivity index (χ3v) is 3.24. The third kappa shape index (κ3) is 4.39. The summed E-state index contributed by atoms with van der Waals surface area (Å²) in [5.41, 5.74) is 0. The van der Waals surface area contributed by atoms with Crippen LogP contribution in [0.1, 0.15) is 32.6 Å². The molecule has 0 bridgehead atoms. The van der Waals surface area contributed by atoms with E-state index in [1.54, 1.807) is 0 Å². The van der Waals surface area contributed by atoms with Crippen LogP contribution >= 0.6 is 11.6 Å². The second kappa shape index (κ2) is 7.07. The van der Waals surface area contributed by atoms with Crippen LogP contribution in [-0.2, 0) is 4.79 Å². The number of halogens is 1. The van der Waals surface area contributed by atoms with Crippen molar-refractivity contribution in [2.45, 2.75) is 38.6 Å². The van der Waals surface area contributed by atoms with Gasteiger partial charge in [-0.25, -0.2) is 0 Å². The van der Waals surface area contributed by atoms with Crippen molar-refractivity contribution in [1.82, 2.24) is 10.2 Å². The molecular weight excluding hydrogens is 212 g/mol. The molecule has 0 spiro atoms. The summed E-state index contributed by atoms with van der Waals surface area (Å²) in [6, 6.07) is 0.551. The van der Waals surface area contributed by atoms with Crippen LogP contribution in [0.5, 0.6) is 0 Å². The minimum absolute atomic E-state index is 0.138. The number of carbonyl (C=O) groups is 1. The van der Waals surface area contributed by atoms with E-state index in [0.29, 0.717) is 18.3 Å². The quantitative estimate of drug-likeness (QED) is 0.706. The lowest BCUT2D eigenvalue weighted by molar-refractivity contribution is -0.121. The van der Waals surface area contributed by atoms with Gasteiger partial charge in [0, 0.05) is 24.9 Å². The van der Waals surface area contributed by atoms with Crippen molar-refractivity contribution in [3.8, 4) is 0 Å². The van der Waals surface area contributed by atoms with Crippen LogP contribution in [0.4, 0.5) is 0 Å². The molecule has 1 aliphatic rings. The minimum Gasteiger partial charge on any atom is -0.355 e. The summed E-state index contributed by atoms with van der Waals surface area (Å²) in [5, 5.41) is 2.98. The summed E-state index contributed by atoms with van der Waals surface area (Å²) in [6.07, 6.45) is 3.80. The Morgan fingerprint density at radius 3 is 3.07 bits per heavy atom. The highest BCUT2D eigenvalue weighted by Crippen LogP contribution is 2.15. The van der Waals surface area contributed by atoms with E-state index in [4.69, 9.17) is 11.6 Å². The molecule has 0 aromatic rings. The lowest BCUT2D eigenvalue weighted by Crippen LogP contribution is -2.39. The first-order valence-corrected chi connectivity index (χ1v) is 6.38. The van der Waals surface area contributed by atoms with Crippen LogP contribution in [0.25, 0.3) is 0 Å². The van der Waals surface area contributed by atoms with Crippen LogP contribution < -0.4 is 5.32 Å². The van der Waals surface area contributed by atoms with E-state index in [1.165, 1.54) is 19.4 Å². The van der Waals surface area contributed by atoms with Gasteiger partial charge >= 0.3 is 0 Å². The van der Waals surface area contributed by atoms with E-state index in [9.17, 15) is 4.79 Å². The molecule has 1 amide bonds. The second-order valence-electron chi connectivity index (χ2n) is 4.02. The van der Waals surface area contributed by atoms with E-state index in [1.807, 2.05) is 0 Å². The molecule has 1 aliphatic heterocycles. The van der Waals surface area contributed by atoms with Gasteiger partial charge in [0.15, 0.2) is 0 Å². The summed E-state index contributed by atoms with van der Waals surface area (Å²) >= 11 is 5.53. The molecule has 0 radical (unpaired) electrons. The molecule has 0 aromatic carbocycles. The number of likely N-dealkylation sites (tertiary alicyclic amines) is 1. The zero-order valence-corrected chi connectivity index (χ0v) is 10.2. The Morgan fingerprint density at radius 1 is 1.60 bits per heavy atom. The van der Waals surface area contributed by atoms with Crippen LogP contribution in [0.15, 0.2) is 0 Å². The van der Waals surface area contributed by atoms with E-state index in [2.05, 4.69) is 17.1 Å². The smallest absolute Gasteiger partial charge is 0.220 e. The number of nitrogens with zero attached hydrogens (tertiary/aromatic N) is 1. The Labute approximate surface area is 97.2 Å². The van der Waals surface area contributed by atoms with Crippen molar-refractivity contribution in [2.24, 2.45) is 0 Å². The first-order valence-electron chi connectivity index (χ1n) is 5.84. The van der Waals surface area contributed by atoms with Crippen LogP contribution in [0.2, 0.25) is 0 Å². The maximum Gasteiger partial charge on any atom is 0.220 e. The topological polar surface area (TPSA) is 32.3 Å². The summed E-state index contributed by atoms with van der Waals surface area (Å²) < 4.78 is 0. The van der Waals surface area contributed by atoms with E-state index in [-0.39, 0.29) is 5.91 Å². The highest BCUT2D eigenvalue weighted by molar-refractivity contribution is 6.17. The Balaban J connectivity index is 2.15. The van der Waals surface area contributed by atoms with Crippen LogP contribution in [-0.4, -0.2) is 42.4 Å². The highest BCUT2D eigenvalue weighted by atomic mass is 35.5. The number of carbonyl (C=O) groups excluding carboxylic acids is 1. The summed E-state index contributed by atoms with van der Waals surface area (Å²) in [6.45, 7) is 5.24. The van der Waals surface area contributed by atoms with Crippen LogP contribution in [0.3, 0.4) is 0 Å². The van der Waals surface area contributed by atoms with Crippen molar-refractivity contribution in [1.29, 1.82) is 0 Å². The number of hydrogen-bond acceptors (Lipinski definition) is 2. The maximum atomic E-state index is 11.4. The lowest BCUT2D eigenvalue weighted by atomic mass is 10.2.